The van der Waals surface area contributed by atoms with E-state index in [0.29, 0.717) is 36.4 Å². The van der Waals surface area contributed by atoms with Crippen LogP contribution in [0.2, 0.25) is 0 Å². The number of halogens is 1. The maximum absolute atomic E-state index is 13.4. The molecule has 0 fully saturated rings. The van der Waals surface area contributed by atoms with Crippen molar-refractivity contribution in [1.29, 1.82) is 0 Å². The van der Waals surface area contributed by atoms with E-state index in [1.807, 2.05) is 65.0 Å². The summed E-state index contributed by atoms with van der Waals surface area (Å²) in [4.78, 5) is 30.0. The molecule has 2 aromatic rings. The van der Waals surface area contributed by atoms with Crippen LogP contribution in [-0.4, -0.2) is 43.9 Å². The van der Waals surface area contributed by atoms with E-state index >= 15 is 0 Å². The van der Waals surface area contributed by atoms with Crippen LogP contribution in [0, 0.1) is 13.8 Å². The second kappa shape index (κ2) is 14.4. The highest BCUT2D eigenvalue weighted by atomic mass is 35.5. The Morgan fingerprint density at radius 1 is 0.977 bits per heavy atom. The number of hydrogen-bond acceptors (Lipinski definition) is 7. The fourth-order valence-electron chi connectivity index (χ4n) is 4.90. The Balaban J connectivity index is 0.00000506. The maximum Gasteiger partial charge on any atom is 0.407 e. The molecular formula is C34H42ClN3O5. The van der Waals surface area contributed by atoms with Crippen LogP contribution >= 0.6 is 12.4 Å². The Labute approximate surface area is 259 Å². The standard InChI is InChI=1S/C34H41N3O5.ClH/c1-8-35-27-19-29-25(17-21(27)3)31(26-18-22(4)28(36-9-2)20-30(26)41-29)23-13-10-11-14-24(23)32(38)40-16-12-15-37-33(39)42-34(5,6)7;/h10-11,13-14,17-20,35H,8-9,12,15-16H2,1-7H3,(H,37,39);1H/b36-28+;. The summed E-state index contributed by atoms with van der Waals surface area (Å²) in [5.74, 6) is 0.262. The molecule has 0 saturated heterocycles. The lowest BCUT2D eigenvalue weighted by Gasteiger charge is -2.20. The predicted molar refractivity (Wildman–Crippen MR) is 174 cm³/mol. The zero-order valence-electron chi connectivity index (χ0n) is 26.1. The summed E-state index contributed by atoms with van der Waals surface area (Å²) in [6.07, 6.45) is -0.0383. The number of hydrogen-bond donors (Lipinski definition) is 2. The van der Waals surface area contributed by atoms with Gasteiger partial charge in [-0.2, -0.15) is 0 Å². The molecule has 2 aromatic carbocycles. The first-order chi connectivity index (χ1) is 20.0. The molecule has 0 aromatic heterocycles. The highest BCUT2D eigenvalue weighted by Crippen LogP contribution is 2.43. The van der Waals surface area contributed by atoms with Crippen LogP contribution in [0.1, 0.15) is 62.5 Å². The largest absolute Gasteiger partial charge is 0.462 e. The van der Waals surface area contributed by atoms with Crippen molar-refractivity contribution in [1.82, 2.24) is 5.32 Å². The zero-order valence-corrected chi connectivity index (χ0v) is 26.9. The van der Waals surface area contributed by atoms with Crippen LogP contribution in [0.4, 0.5) is 10.5 Å². The molecule has 1 aliphatic carbocycles. The Hall–Kier alpha value is -4.04. The van der Waals surface area contributed by atoms with E-state index in [1.165, 1.54) is 0 Å². The molecule has 230 valence electrons. The van der Waals surface area contributed by atoms with Crippen LogP contribution in [0.5, 0.6) is 0 Å². The molecule has 4 rings (SSSR count). The number of benzene rings is 3. The van der Waals surface area contributed by atoms with E-state index < -0.39 is 17.7 Å². The van der Waals surface area contributed by atoms with Crippen LogP contribution < -0.4 is 16.0 Å². The van der Waals surface area contributed by atoms with E-state index in [9.17, 15) is 9.59 Å². The molecule has 1 aliphatic heterocycles. The van der Waals surface area contributed by atoms with Crippen LogP contribution in [0.15, 0.2) is 57.9 Å². The molecule has 9 heteroatoms. The quantitative estimate of drug-likeness (QED) is 0.115. The molecule has 2 N–H and O–H groups in total. The van der Waals surface area contributed by atoms with Crippen molar-refractivity contribution in [3.63, 3.8) is 0 Å². The molecule has 0 radical (unpaired) electrons. The Morgan fingerprint density at radius 3 is 2.42 bits per heavy atom. The number of aryl methyl sites for hydroxylation is 2. The van der Waals surface area contributed by atoms with Crippen LogP contribution in [0.25, 0.3) is 33.4 Å². The highest BCUT2D eigenvalue weighted by molar-refractivity contribution is 6.08. The first-order valence-corrected chi connectivity index (χ1v) is 14.5. The van der Waals surface area contributed by atoms with Crippen LogP contribution in [0.3, 0.4) is 0 Å². The van der Waals surface area contributed by atoms with Gasteiger partial charge in [0.1, 0.15) is 16.9 Å². The number of anilines is 1. The average Bonchev–Trinajstić information content (AvgIpc) is 2.92. The minimum atomic E-state index is -0.573. The fraction of sp³-hybridized carbons (Fsp3) is 0.382. The number of carbonyl (C=O) groups excluding carboxylic acids is 2. The topological polar surface area (TPSA) is 102 Å². The number of nitrogens with one attached hydrogen (secondary N) is 2. The average molecular weight is 608 g/mol. The van der Waals surface area contributed by atoms with Gasteiger partial charge in [0.05, 0.1) is 17.5 Å². The number of ether oxygens (including phenoxy) is 2. The summed E-state index contributed by atoms with van der Waals surface area (Å²) in [5.41, 5.74) is 6.26. The van der Waals surface area contributed by atoms with Crippen molar-refractivity contribution in [3.05, 3.63) is 70.6 Å². The number of fused-ring (bicyclic) bond motifs is 2. The molecular weight excluding hydrogens is 566 g/mol. The highest BCUT2D eigenvalue weighted by Gasteiger charge is 2.23. The number of carbonyl (C=O) groups is 2. The summed E-state index contributed by atoms with van der Waals surface area (Å²) in [6, 6.07) is 15.7. The predicted octanol–water partition coefficient (Wildman–Crippen LogP) is 7.67. The van der Waals surface area contributed by atoms with Gasteiger partial charge >= 0.3 is 12.1 Å². The lowest BCUT2D eigenvalue weighted by atomic mass is 9.89. The van der Waals surface area contributed by atoms with Gasteiger partial charge in [-0.05, 0) is 89.8 Å². The van der Waals surface area contributed by atoms with E-state index in [2.05, 4.69) is 41.6 Å². The molecule has 0 unspecified atom stereocenters. The molecule has 1 heterocycles. The molecule has 2 aliphatic rings. The normalized spacial score (nSPS) is 11.7. The van der Waals surface area contributed by atoms with Gasteiger partial charge in [-0.25, -0.2) is 9.59 Å². The summed E-state index contributed by atoms with van der Waals surface area (Å²) in [5, 5.41) is 7.89. The number of esters is 1. The monoisotopic (exact) mass is 607 g/mol. The van der Waals surface area contributed by atoms with Gasteiger partial charge in [-0.15, -0.1) is 12.4 Å². The SMILES string of the molecule is CC/N=c1\cc2oc3cc(NCC)c(C)cc3c(-c3ccccc3C(=O)OCCCNC(=O)OC(C)(C)C)c-2cc1C.Cl. The van der Waals surface area contributed by atoms with E-state index in [1.54, 1.807) is 6.07 Å². The van der Waals surface area contributed by atoms with Crippen molar-refractivity contribution in [3.8, 4) is 22.5 Å². The lowest BCUT2D eigenvalue weighted by Crippen LogP contribution is -2.33. The van der Waals surface area contributed by atoms with Crippen molar-refractivity contribution >= 4 is 41.1 Å². The number of nitrogens with zero attached hydrogens (tertiary/aromatic N) is 1. The Kier molecular flexibility index (Phi) is 11.2. The lowest BCUT2D eigenvalue weighted by molar-refractivity contribution is 0.0484. The Bertz CT molecular complexity index is 1640. The molecule has 0 spiro atoms. The summed E-state index contributed by atoms with van der Waals surface area (Å²) < 4.78 is 17.4. The van der Waals surface area contributed by atoms with Gasteiger partial charge in [0.15, 0.2) is 0 Å². The fourth-order valence-corrected chi connectivity index (χ4v) is 4.90. The second-order valence-corrected chi connectivity index (χ2v) is 11.2. The van der Waals surface area contributed by atoms with E-state index in [0.717, 1.165) is 50.8 Å². The van der Waals surface area contributed by atoms with E-state index in [-0.39, 0.29) is 19.0 Å². The van der Waals surface area contributed by atoms with Crippen molar-refractivity contribution in [2.45, 2.75) is 60.5 Å². The molecule has 0 saturated carbocycles. The van der Waals surface area contributed by atoms with Crippen molar-refractivity contribution in [2.24, 2.45) is 4.99 Å². The third-order valence-corrected chi connectivity index (χ3v) is 6.72. The van der Waals surface area contributed by atoms with Gasteiger partial charge < -0.3 is 24.5 Å². The number of amides is 1. The van der Waals surface area contributed by atoms with Crippen molar-refractivity contribution in [2.75, 3.05) is 31.6 Å². The van der Waals surface area contributed by atoms with Crippen molar-refractivity contribution < 1.29 is 23.5 Å². The van der Waals surface area contributed by atoms with Gasteiger partial charge in [-0.3, -0.25) is 4.99 Å². The van der Waals surface area contributed by atoms with Crippen LogP contribution in [-0.2, 0) is 9.47 Å². The van der Waals surface area contributed by atoms with Gasteiger partial charge in [0, 0.05) is 54.0 Å². The molecule has 8 nitrogen and oxygen atoms in total. The minimum Gasteiger partial charge on any atom is -0.462 e. The zero-order chi connectivity index (χ0) is 30.4. The smallest absolute Gasteiger partial charge is 0.407 e. The van der Waals surface area contributed by atoms with Gasteiger partial charge in [-0.1, -0.05) is 18.2 Å². The number of rotatable bonds is 9. The minimum absolute atomic E-state index is 0. The third-order valence-electron chi connectivity index (χ3n) is 6.72. The molecule has 43 heavy (non-hydrogen) atoms. The summed E-state index contributed by atoms with van der Waals surface area (Å²) in [7, 11) is 0. The summed E-state index contributed by atoms with van der Waals surface area (Å²) >= 11 is 0. The second-order valence-electron chi connectivity index (χ2n) is 11.2. The maximum atomic E-state index is 13.4. The first kappa shape index (κ1) is 33.5. The first-order valence-electron chi connectivity index (χ1n) is 14.5. The van der Waals surface area contributed by atoms with E-state index in [4.69, 9.17) is 13.9 Å². The molecule has 0 bridgehead atoms. The van der Waals surface area contributed by atoms with Gasteiger partial charge in [0.25, 0.3) is 0 Å². The van der Waals surface area contributed by atoms with Gasteiger partial charge in [0.2, 0.25) is 0 Å². The third kappa shape index (κ3) is 8.08. The Morgan fingerprint density at radius 2 is 1.72 bits per heavy atom. The number of alkyl carbamates (subject to hydrolysis) is 1. The molecule has 0 atom stereocenters. The summed E-state index contributed by atoms with van der Waals surface area (Å²) in [6.45, 7) is 15.5. The molecule has 1 amide bonds.